The Labute approximate surface area is 123 Å². The molecule has 0 spiro atoms. The van der Waals surface area contributed by atoms with E-state index in [1.54, 1.807) is 0 Å². The molecule has 2 aliphatic heterocycles. The number of nitrogens with one attached hydrogen (secondary N) is 1. The molecule has 118 valence electrons. The summed E-state index contributed by atoms with van der Waals surface area (Å²) in [6, 6.07) is 0. The van der Waals surface area contributed by atoms with Crippen molar-refractivity contribution in [3.8, 4) is 0 Å². The predicted molar refractivity (Wildman–Crippen MR) is 81.9 cm³/mol. The fourth-order valence-electron chi connectivity index (χ4n) is 3.35. The minimum absolute atomic E-state index is 0.142. The average molecular weight is 284 g/mol. The summed E-state index contributed by atoms with van der Waals surface area (Å²) in [4.78, 5) is 2.43. The molecule has 2 fully saturated rings. The molecule has 0 aromatic rings. The van der Waals surface area contributed by atoms with Gasteiger partial charge < -0.3 is 15.2 Å². The number of hydrogen-bond donors (Lipinski definition) is 2. The maximum Gasteiger partial charge on any atom is 0.0746 e. The molecule has 0 saturated carbocycles. The Balaban J connectivity index is 1.95. The molecule has 2 saturated heterocycles. The molecule has 0 radical (unpaired) electrons. The molecular formula is C16H32N2O2. The van der Waals surface area contributed by atoms with Gasteiger partial charge in [-0.3, -0.25) is 4.90 Å². The second-order valence-corrected chi connectivity index (χ2v) is 8.22. The third-order valence-electron chi connectivity index (χ3n) is 4.49. The molecule has 0 bridgehead atoms. The summed E-state index contributed by atoms with van der Waals surface area (Å²) >= 11 is 0. The van der Waals surface area contributed by atoms with Gasteiger partial charge in [0.1, 0.15) is 0 Å². The Hall–Kier alpha value is -0.160. The van der Waals surface area contributed by atoms with Crippen molar-refractivity contribution in [2.24, 2.45) is 5.41 Å². The van der Waals surface area contributed by atoms with Gasteiger partial charge in [-0.25, -0.2) is 0 Å². The third kappa shape index (κ3) is 4.69. The van der Waals surface area contributed by atoms with Crippen LogP contribution in [0.3, 0.4) is 0 Å². The van der Waals surface area contributed by atoms with Crippen molar-refractivity contribution >= 4 is 0 Å². The summed E-state index contributed by atoms with van der Waals surface area (Å²) in [5, 5.41) is 13.9. The SMILES string of the molecule is CC1(O)CCCN(CC2(CNC(C)(C)C)CCOC2)C1. The number of ether oxygens (including phenoxy) is 1. The molecule has 2 aliphatic rings. The molecule has 0 amide bonds. The summed E-state index contributed by atoms with van der Waals surface area (Å²) in [5.41, 5.74) is -0.167. The topological polar surface area (TPSA) is 44.7 Å². The second-order valence-electron chi connectivity index (χ2n) is 8.22. The van der Waals surface area contributed by atoms with Crippen LogP contribution in [0.5, 0.6) is 0 Å². The van der Waals surface area contributed by atoms with Gasteiger partial charge in [-0.1, -0.05) is 0 Å². The lowest BCUT2D eigenvalue weighted by molar-refractivity contribution is -0.0300. The summed E-state index contributed by atoms with van der Waals surface area (Å²) in [7, 11) is 0. The first-order valence-corrected chi connectivity index (χ1v) is 7.97. The van der Waals surface area contributed by atoms with E-state index < -0.39 is 5.60 Å². The van der Waals surface area contributed by atoms with Crippen molar-refractivity contribution in [1.29, 1.82) is 0 Å². The molecule has 0 aliphatic carbocycles. The van der Waals surface area contributed by atoms with E-state index in [4.69, 9.17) is 4.74 Å². The highest BCUT2D eigenvalue weighted by molar-refractivity contribution is 4.93. The van der Waals surface area contributed by atoms with Crippen molar-refractivity contribution in [3.63, 3.8) is 0 Å². The number of rotatable bonds is 4. The summed E-state index contributed by atoms with van der Waals surface area (Å²) < 4.78 is 5.69. The molecule has 0 aromatic heterocycles. The Kier molecular flexibility index (Phi) is 4.80. The van der Waals surface area contributed by atoms with Crippen molar-refractivity contribution in [2.45, 2.75) is 58.1 Å². The first kappa shape index (κ1) is 16.2. The zero-order valence-corrected chi connectivity index (χ0v) is 13.7. The van der Waals surface area contributed by atoms with E-state index in [2.05, 4.69) is 31.0 Å². The molecular weight excluding hydrogens is 252 g/mol. The molecule has 0 aromatic carbocycles. The fraction of sp³-hybridized carbons (Fsp3) is 1.00. The van der Waals surface area contributed by atoms with Gasteiger partial charge in [0.25, 0.3) is 0 Å². The summed E-state index contributed by atoms with van der Waals surface area (Å²) in [6.45, 7) is 14.2. The highest BCUT2D eigenvalue weighted by Gasteiger charge is 2.39. The van der Waals surface area contributed by atoms with E-state index in [1.807, 2.05) is 6.92 Å². The van der Waals surface area contributed by atoms with E-state index in [9.17, 15) is 5.11 Å². The largest absolute Gasteiger partial charge is 0.389 e. The highest BCUT2D eigenvalue weighted by atomic mass is 16.5. The van der Waals surface area contributed by atoms with Crippen LogP contribution in [0, 0.1) is 5.41 Å². The molecule has 2 rings (SSSR count). The summed E-state index contributed by atoms with van der Waals surface area (Å²) in [5.74, 6) is 0. The van der Waals surface area contributed by atoms with Crippen LogP contribution < -0.4 is 5.32 Å². The van der Waals surface area contributed by atoms with Gasteiger partial charge in [-0.15, -0.1) is 0 Å². The van der Waals surface area contributed by atoms with Gasteiger partial charge in [-0.05, 0) is 53.5 Å². The highest BCUT2D eigenvalue weighted by Crippen LogP contribution is 2.32. The van der Waals surface area contributed by atoms with Gasteiger partial charge in [0.05, 0.1) is 12.2 Å². The number of aliphatic hydroxyl groups is 1. The number of likely N-dealkylation sites (tertiary alicyclic amines) is 1. The van der Waals surface area contributed by atoms with Crippen LogP contribution in [-0.4, -0.2) is 60.5 Å². The van der Waals surface area contributed by atoms with Crippen molar-refractivity contribution in [2.75, 3.05) is 39.4 Å². The normalized spacial score (nSPS) is 36.5. The van der Waals surface area contributed by atoms with Gasteiger partial charge in [0.2, 0.25) is 0 Å². The standard InChI is InChI=1S/C16H32N2O2/c1-14(2,3)17-10-16(7-9-20-13-16)12-18-8-5-6-15(4,19)11-18/h17,19H,5-13H2,1-4H3. The number of hydrogen-bond acceptors (Lipinski definition) is 4. The second kappa shape index (κ2) is 5.91. The van der Waals surface area contributed by atoms with E-state index in [0.717, 1.165) is 58.7 Å². The Morgan fingerprint density at radius 3 is 2.60 bits per heavy atom. The van der Waals surface area contributed by atoms with Crippen LogP contribution in [-0.2, 0) is 4.74 Å². The Morgan fingerprint density at radius 1 is 1.30 bits per heavy atom. The van der Waals surface area contributed by atoms with Crippen molar-refractivity contribution < 1.29 is 9.84 Å². The predicted octanol–water partition coefficient (Wildman–Crippen LogP) is 1.63. The van der Waals surface area contributed by atoms with Gasteiger partial charge in [0.15, 0.2) is 0 Å². The van der Waals surface area contributed by atoms with Crippen LogP contribution in [0.25, 0.3) is 0 Å². The van der Waals surface area contributed by atoms with Crippen LogP contribution in [0.2, 0.25) is 0 Å². The van der Waals surface area contributed by atoms with E-state index in [0.29, 0.717) is 0 Å². The molecule has 2 heterocycles. The zero-order chi connectivity index (χ0) is 14.9. The molecule has 4 heteroatoms. The van der Waals surface area contributed by atoms with E-state index in [-0.39, 0.29) is 11.0 Å². The smallest absolute Gasteiger partial charge is 0.0746 e. The monoisotopic (exact) mass is 284 g/mol. The quantitative estimate of drug-likeness (QED) is 0.823. The fourth-order valence-corrected chi connectivity index (χ4v) is 3.35. The average Bonchev–Trinajstić information content (AvgIpc) is 2.73. The number of β-amino-alcohol motifs (C(OH)–C–C–N with tert-alkyl or cyclic N) is 1. The van der Waals surface area contributed by atoms with E-state index in [1.165, 1.54) is 0 Å². The van der Waals surface area contributed by atoms with Crippen LogP contribution in [0.1, 0.15) is 47.0 Å². The minimum atomic E-state index is -0.518. The zero-order valence-electron chi connectivity index (χ0n) is 13.7. The first-order chi connectivity index (χ1) is 9.20. The minimum Gasteiger partial charge on any atom is -0.389 e. The molecule has 2 atom stereocenters. The lowest BCUT2D eigenvalue weighted by Gasteiger charge is -2.42. The molecule has 4 nitrogen and oxygen atoms in total. The number of nitrogens with zero attached hydrogens (tertiary/aromatic N) is 1. The van der Waals surface area contributed by atoms with Crippen molar-refractivity contribution in [1.82, 2.24) is 10.2 Å². The number of piperidine rings is 1. The lowest BCUT2D eigenvalue weighted by atomic mass is 9.84. The maximum atomic E-state index is 10.3. The Morgan fingerprint density at radius 2 is 2.05 bits per heavy atom. The van der Waals surface area contributed by atoms with Gasteiger partial charge in [-0.2, -0.15) is 0 Å². The van der Waals surface area contributed by atoms with Crippen LogP contribution in [0.4, 0.5) is 0 Å². The molecule has 20 heavy (non-hydrogen) atoms. The first-order valence-electron chi connectivity index (χ1n) is 7.97. The maximum absolute atomic E-state index is 10.3. The Bertz CT molecular complexity index is 317. The summed E-state index contributed by atoms with van der Waals surface area (Å²) in [6.07, 6.45) is 3.14. The van der Waals surface area contributed by atoms with Gasteiger partial charge >= 0.3 is 0 Å². The van der Waals surface area contributed by atoms with Crippen molar-refractivity contribution in [3.05, 3.63) is 0 Å². The molecule has 2 unspecified atom stereocenters. The van der Waals surface area contributed by atoms with E-state index >= 15 is 0 Å². The van der Waals surface area contributed by atoms with Gasteiger partial charge in [0, 0.05) is 37.2 Å². The lowest BCUT2D eigenvalue weighted by Crippen LogP contribution is -2.53. The molecule has 2 N–H and O–H groups in total. The van der Waals surface area contributed by atoms with Crippen LogP contribution in [0.15, 0.2) is 0 Å². The third-order valence-corrected chi connectivity index (χ3v) is 4.49. The van der Waals surface area contributed by atoms with Crippen LogP contribution >= 0.6 is 0 Å².